The summed E-state index contributed by atoms with van der Waals surface area (Å²) in [5.74, 6) is -0.334. The lowest BCUT2D eigenvalue weighted by Gasteiger charge is -2.38. The van der Waals surface area contributed by atoms with Gasteiger partial charge in [-0.3, -0.25) is 0 Å². The van der Waals surface area contributed by atoms with E-state index in [-0.39, 0.29) is 5.97 Å². The lowest BCUT2D eigenvalue weighted by atomic mass is 10.2. The van der Waals surface area contributed by atoms with Crippen molar-refractivity contribution in [3.05, 3.63) is 29.8 Å². The zero-order valence-electron chi connectivity index (χ0n) is 19.2. The molecule has 0 heterocycles. The number of ether oxygens (including phenoxy) is 2. The molecular formula is C20H39NO5Si3. The topological polar surface area (TPSA) is 80.0 Å². The highest BCUT2D eigenvalue weighted by Gasteiger charge is 2.39. The van der Waals surface area contributed by atoms with Gasteiger partial charge in [0.2, 0.25) is 0 Å². The van der Waals surface area contributed by atoms with E-state index in [1.54, 1.807) is 24.3 Å². The maximum Gasteiger partial charge on any atom is 0.338 e. The second-order valence-electron chi connectivity index (χ2n) is 9.39. The highest BCUT2D eigenvalue weighted by Crippen LogP contribution is 2.25. The zero-order chi connectivity index (χ0) is 22.1. The smallest absolute Gasteiger partial charge is 0.338 e. The molecule has 29 heavy (non-hydrogen) atoms. The first kappa shape index (κ1) is 26.1. The Morgan fingerprint density at radius 3 is 1.86 bits per heavy atom. The van der Waals surface area contributed by atoms with Crippen LogP contribution >= 0.6 is 0 Å². The van der Waals surface area contributed by atoms with Gasteiger partial charge in [-0.2, -0.15) is 0 Å². The average molecular weight is 458 g/mol. The van der Waals surface area contributed by atoms with E-state index in [0.717, 1.165) is 12.5 Å². The minimum absolute atomic E-state index is 0.334. The van der Waals surface area contributed by atoms with E-state index in [0.29, 0.717) is 37.5 Å². The molecule has 166 valence electrons. The third-order valence-electron chi connectivity index (χ3n) is 3.78. The van der Waals surface area contributed by atoms with Gasteiger partial charge in [0.15, 0.2) is 16.6 Å². The summed E-state index contributed by atoms with van der Waals surface area (Å²) >= 11 is 0. The number of nitrogens with two attached hydrogens (primary N) is 1. The fraction of sp³-hybridized carbons (Fsp3) is 0.650. The van der Waals surface area contributed by atoms with Gasteiger partial charge < -0.3 is 23.4 Å². The van der Waals surface area contributed by atoms with Crippen molar-refractivity contribution in [3.8, 4) is 0 Å². The van der Waals surface area contributed by atoms with Crippen molar-refractivity contribution in [3.63, 3.8) is 0 Å². The Morgan fingerprint density at radius 1 is 0.828 bits per heavy atom. The van der Waals surface area contributed by atoms with Crippen LogP contribution in [0, 0.1) is 0 Å². The van der Waals surface area contributed by atoms with Crippen molar-refractivity contribution in [2.45, 2.75) is 64.7 Å². The molecule has 0 aromatic heterocycles. The fourth-order valence-electron chi connectivity index (χ4n) is 3.04. The Balaban J connectivity index is 2.25. The molecule has 0 aliphatic heterocycles. The molecule has 0 saturated heterocycles. The number of hydrogen-bond donors (Lipinski definition) is 1. The quantitative estimate of drug-likeness (QED) is 0.194. The van der Waals surface area contributed by atoms with Gasteiger partial charge in [-0.1, -0.05) is 0 Å². The molecule has 0 aliphatic carbocycles. The average Bonchev–Trinajstić information content (AvgIpc) is 2.54. The van der Waals surface area contributed by atoms with Gasteiger partial charge in [-0.15, -0.1) is 0 Å². The molecule has 0 bridgehead atoms. The summed E-state index contributed by atoms with van der Waals surface area (Å²) in [6.07, 6.45) is 1.59. The molecule has 0 radical (unpaired) electrons. The number of carbonyl (C=O) groups is 1. The predicted molar refractivity (Wildman–Crippen MR) is 126 cm³/mol. The third-order valence-corrected chi connectivity index (χ3v) is 13.4. The Bertz CT molecular complexity index is 610. The minimum Gasteiger partial charge on any atom is -0.462 e. The van der Waals surface area contributed by atoms with Crippen molar-refractivity contribution >= 4 is 36.9 Å². The molecule has 0 atom stereocenters. The van der Waals surface area contributed by atoms with E-state index in [1.165, 1.54) is 0 Å². The first-order valence-electron chi connectivity index (χ1n) is 10.3. The van der Waals surface area contributed by atoms with Crippen molar-refractivity contribution < 1.29 is 22.5 Å². The molecule has 2 N–H and O–H groups in total. The number of hydrogen-bond acceptors (Lipinski definition) is 6. The van der Waals surface area contributed by atoms with Gasteiger partial charge in [0.05, 0.1) is 12.2 Å². The summed E-state index contributed by atoms with van der Waals surface area (Å²) in [7, 11) is -5.50. The van der Waals surface area contributed by atoms with E-state index in [4.69, 9.17) is 23.4 Å². The van der Waals surface area contributed by atoms with Crippen LogP contribution in [0.1, 0.15) is 23.2 Å². The second kappa shape index (κ2) is 11.4. The summed E-state index contributed by atoms with van der Waals surface area (Å²) in [6.45, 7) is 17.1. The van der Waals surface area contributed by atoms with Gasteiger partial charge in [-0.25, -0.2) is 4.79 Å². The summed E-state index contributed by atoms with van der Waals surface area (Å²) in [5.41, 5.74) is 6.75. The Labute approximate surface area is 179 Å². The number of esters is 1. The van der Waals surface area contributed by atoms with Crippen molar-refractivity contribution in [1.82, 2.24) is 0 Å². The molecule has 1 aromatic carbocycles. The van der Waals surface area contributed by atoms with Gasteiger partial charge in [0.1, 0.15) is 0 Å². The van der Waals surface area contributed by atoms with Crippen LogP contribution in [0.3, 0.4) is 0 Å². The third kappa shape index (κ3) is 12.3. The van der Waals surface area contributed by atoms with Crippen molar-refractivity contribution in [1.29, 1.82) is 0 Å². The number of benzene rings is 1. The van der Waals surface area contributed by atoms with Gasteiger partial charge in [0.25, 0.3) is 0 Å². The Morgan fingerprint density at radius 2 is 1.34 bits per heavy atom. The number of nitrogen functional groups attached to an aromatic ring is 1. The maximum atomic E-state index is 11.9. The SMILES string of the molecule is C[Si](C)(C)O[Si](C)(CCCOCCCOC(=O)c1ccc(N)cc1)O[Si](C)(C)C. The molecule has 0 amide bonds. The molecule has 6 nitrogen and oxygen atoms in total. The largest absolute Gasteiger partial charge is 0.462 e. The summed E-state index contributed by atoms with van der Waals surface area (Å²) < 4.78 is 24.0. The number of anilines is 1. The lowest BCUT2D eigenvalue weighted by molar-refractivity contribution is 0.0445. The molecule has 0 spiro atoms. The van der Waals surface area contributed by atoms with Gasteiger partial charge in [-0.05, 0) is 82.6 Å². The van der Waals surface area contributed by atoms with Crippen LogP contribution in [0.25, 0.3) is 0 Å². The standard InChI is InChI=1S/C20H39NO5Si3/c1-27(2,3)25-29(7,26-28(4,5)6)17-9-15-23-14-8-16-24-20(22)18-10-12-19(21)13-11-18/h10-13H,8-9,14-17,21H2,1-7H3. The highest BCUT2D eigenvalue weighted by molar-refractivity contribution is 6.87. The Hall–Kier alpha value is -0.979. The van der Waals surface area contributed by atoms with Crippen LogP contribution in [-0.2, 0) is 17.7 Å². The lowest BCUT2D eigenvalue weighted by Crippen LogP contribution is -2.52. The van der Waals surface area contributed by atoms with Crippen molar-refractivity contribution in [2.75, 3.05) is 25.6 Å². The zero-order valence-corrected chi connectivity index (χ0v) is 22.2. The normalized spacial score (nSPS) is 12.8. The summed E-state index contributed by atoms with van der Waals surface area (Å²) in [5, 5.41) is 0. The van der Waals surface area contributed by atoms with Crippen molar-refractivity contribution in [2.24, 2.45) is 0 Å². The molecule has 1 aromatic rings. The first-order valence-corrected chi connectivity index (χ1v) is 19.6. The fourth-order valence-corrected chi connectivity index (χ4v) is 15.6. The summed E-state index contributed by atoms with van der Waals surface area (Å²) in [4.78, 5) is 11.9. The molecule has 0 unspecified atom stereocenters. The minimum atomic E-state index is -2.19. The molecule has 9 heteroatoms. The second-order valence-corrected chi connectivity index (χ2v) is 22.2. The van der Waals surface area contributed by atoms with E-state index in [2.05, 4.69) is 45.8 Å². The van der Waals surface area contributed by atoms with E-state index < -0.39 is 25.2 Å². The van der Waals surface area contributed by atoms with E-state index in [1.807, 2.05) is 0 Å². The van der Waals surface area contributed by atoms with Gasteiger partial charge in [0, 0.05) is 25.3 Å². The Kier molecular flexibility index (Phi) is 10.3. The van der Waals surface area contributed by atoms with E-state index in [9.17, 15) is 4.79 Å². The first-order chi connectivity index (χ1) is 13.3. The van der Waals surface area contributed by atoms with Crippen LogP contribution in [0.4, 0.5) is 5.69 Å². The van der Waals surface area contributed by atoms with Crippen LogP contribution in [0.2, 0.25) is 51.9 Å². The molecule has 0 fully saturated rings. The van der Waals surface area contributed by atoms with Gasteiger partial charge >= 0.3 is 14.5 Å². The number of rotatable bonds is 13. The molecule has 0 saturated carbocycles. The monoisotopic (exact) mass is 457 g/mol. The van der Waals surface area contributed by atoms with E-state index >= 15 is 0 Å². The predicted octanol–water partition coefficient (Wildman–Crippen LogP) is 5.00. The van der Waals surface area contributed by atoms with Crippen LogP contribution < -0.4 is 5.73 Å². The highest BCUT2D eigenvalue weighted by atomic mass is 28.5. The molecule has 0 aliphatic rings. The summed E-state index contributed by atoms with van der Waals surface area (Å²) in [6, 6.07) is 7.65. The van der Waals surface area contributed by atoms with Crippen LogP contribution in [0.15, 0.2) is 24.3 Å². The van der Waals surface area contributed by atoms with Crippen LogP contribution in [0.5, 0.6) is 0 Å². The van der Waals surface area contributed by atoms with Crippen LogP contribution in [-0.4, -0.2) is 51.0 Å². The number of carbonyl (C=O) groups excluding carboxylic acids is 1. The molecule has 1 rings (SSSR count). The molecular weight excluding hydrogens is 418 g/mol. The maximum absolute atomic E-state index is 11.9.